The number of aryl methyl sites for hydroxylation is 2. The minimum atomic E-state index is -3.78. The number of amides is 2. The van der Waals surface area contributed by atoms with E-state index >= 15 is 0 Å². The lowest BCUT2D eigenvalue weighted by atomic mass is 10.1. The van der Waals surface area contributed by atoms with Crippen molar-refractivity contribution in [2.45, 2.75) is 40.3 Å². The number of carbonyl (C=O) groups is 2. The minimum absolute atomic E-state index is 0.0541. The summed E-state index contributed by atoms with van der Waals surface area (Å²) in [4.78, 5) is 27.3. The number of nitrogens with zero attached hydrogens (tertiary/aromatic N) is 2. The fourth-order valence-corrected chi connectivity index (χ4v) is 4.65. The Morgan fingerprint density at radius 2 is 1.73 bits per heavy atom. The predicted molar refractivity (Wildman–Crippen MR) is 133 cm³/mol. The van der Waals surface area contributed by atoms with Crippen LogP contribution in [0.15, 0.2) is 36.4 Å². The van der Waals surface area contributed by atoms with Crippen LogP contribution in [0.3, 0.4) is 0 Å². The number of carbonyl (C=O) groups excluding carboxylic acids is 2. The van der Waals surface area contributed by atoms with Gasteiger partial charge in [0.25, 0.3) is 0 Å². The molecule has 7 nitrogen and oxygen atoms in total. The molecule has 0 saturated heterocycles. The maximum Gasteiger partial charge on any atom is 0.244 e. The molecule has 0 aliphatic heterocycles. The van der Waals surface area contributed by atoms with Gasteiger partial charge < -0.3 is 10.2 Å². The largest absolute Gasteiger partial charge is 0.355 e. The average molecular weight is 514 g/mol. The van der Waals surface area contributed by atoms with E-state index in [9.17, 15) is 18.0 Å². The molecule has 0 aromatic heterocycles. The molecule has 0 fully saturated rings. The molecule has 0 aliphatic carbocycles. The second-order valence-corrected chi connectivity index (χ2v) is 10.6. The van der Waals surface area contributed by atoms with Crippen molar-refractivity contribution in [1.29, 1.82) is 0 Å². The van der Waals surface area contributed by atoms with Gasteiger partial charge in [-0.25, -0.2) is 8.42 Å². The highest BCUT2D eigenvalue weighted by molar-refractivity contribution is 7.92. The first-order valence-electron chi connectivity index (χ1n) is 10.4. The third-order valence-electron chi connectivity index (χ3n) is 5.16. The molecule has 2 amide bonds. The van der Waals surface area contributed by atoms with Gasteiger partial charge in [-0.05, 0) is 57.0 Å². The Labute approximate surface area is 205 Å². The van der Waals surface area contributed by atoms with E-state index in [0.29, 0.717) is 27.8 Å². The molecule has 180 valence electrons. The van der Waals surface area contributed by atoms with Gasteiger partial charge in [0.2, 0.25) is 21.8 Å². The summed E-state index contributed by atoms with van der Waals surface area (Å²) in [6.07, 6.45) is 1.05. The minimum Gasteiger partial charge on any atom is -0.355 e. The summed E-state index contributed by atoms with van der Waals surface area (Å²) in [6.45, 7) is 7.07. The maximum absolute atomic E-state index is 13.4. The van der Waals surface area contributed by atoms with Crippen molar-refractivity contribution >= 4 is 50.7 Å². The van der Waals surface area contributed by atoms with Crippen LogP contribution in [-0.4, -0.2) is 50.5 Å². The number of hydrogen-bond donors (Lipinski definition) is 1. The lowest BCUT2D eigenvalue weighted by Crippen LogP contribution is -2.51. The first-order chi connectivity index (χ1) is 15.3. The molecule has 0 saturated carbocycles. The van der Waals surface area contributed by atoms with Crippen LogP contribution in [0.4, 0.5) is 5.69 Å². The van der Waals surface area contributed by atoms with E-state index in [1.54, 1.807) is 51.1 Å². The number of rotatable bonds is 9. The fraction of sp³-hybridized carbons (Fsp3) is 0.391. The van der Waals surface area contributed by atoms with Crippen LogP contribution in [0.2, 0.25) is 10.0 Å². The zero-order chi connectivity index (χ0) is 24.9. The fourth-order valence-electron chi connectivity index (χ4n) is 3.42. The summed E-state index contributed by atoms with van der Waals surface area (Å²) in [6, 6.07) is 9.41. The van der Waals surface area contributed by atoms with E-state index in [1.807, 2.05) is 13.0 Å². The van der Waals surface area contributed by atoms with Crippen molar-refractivity contribution in [2.75, 3.05) is 23.7 Å². The summed E-state index contributed by atoms with van der Waals surface area (Å²) in [7, 11) is -3.78. The molecule has 0 radical (unpaired) electrons. The topological polar surface area (TPSA) is 86.8 Å². The Bertz CT molecular complexity index is 1140. The van der Waals surface area contributed by atoms with Gasteiger partial charge in [0.05, 0.1) is 22.0 Å². The second-order valence-electron chi connectivity index (χ2n) is 7.90. The molecule has 0 unspecified atom stereocenters. The molecule has 2 rings (SSSR count). The number of benzene rings is 2. The highest BCUT2D eigenvalue weighted by atomic mass is 35.5. The van der Waals surface area contributed by atoms with Gasteiger partial charge in [-0.2, -0.15) is 0 Å². The molecule has 10 heteroatoms. The standard InChI is InChI=1S/C23H29Cl2N3O4S/c1-6-26-23(30)17(4)27(13-18-8-9-19(24)20(25)12-18)22(29)14-28(33(5,31)32)21-10-7-15(2)11-16(21)3/h7-12,17H,6,13-14H2,1-5H3,(H,26,30)/t17-/m0/s1. The van der Waals surface area contributed by atoms with E-state index in [4.69, 9.17) is 23.2 Å². The molecule has 0 aliphatic rings. The zero-order valence-electron chi connectivity index (χ0n) is 19.4. The third kappa shape index (κ3) is 7.09. The first kappa shape index (κ1) is 27.0. The maximum atomic E-state index is 13.4. The molecule has 33 heavy (non-hydrogen) atoms. The lowest BCUT2D eigenvalue weighted by molar-refractivity contribution is -0.139. The van der Waals surface area contributed by atoms with Gasteiger partial charge >= 0.3 is 0 Å². The van der Waals surface area contributed by atoms with Crippen LogP contribution in [0.1, 0.15) is 30.5 Å². The smallest absolute Gasteiger partial charge is 0.244 e. The summed E-state index contributed by atoms with van der Waals surface area (Å²) >= 11 is 12.1. The van der Waals surface area contributed by atoms with Crippen molar-refractivity contribution in [2.24, 2.45) is 0 Å². The Morgan fingerprint density at radius 1 is 1.06 bits per heavy atom. The van der Waals surface area contributed by atoms with Crippen LogP contribution >= 0.6 is 23.2 Å². The van der Waals surface area contributed by atoms with Crippen molar-refractivity contribution in [1.82, 2.24) is 10.2 Å². The number of hydrogen-bond acceptors (Lipinski definition) is 4. The molecule has 1 N–H and O–H groups in total. The molecule has 0 bridgehead atoms. The molecule has 1 atom stereocenters. The quantitative estimate of drug-likeness (QED) is 0.550. The number of anilines is 1. The number of nitrogens with one attached hydrogen (secondary N) is 1. The van der Waals surface area contributed by atoms with Gasteiger partial charge in [0, 0.05) is 13.1 Å². The highest BCUT2D eigenvalue weighted by Gasteiger charge is 2.30. The van der Waals surface area contributed by atoms with E-state index in [0.717, 1.165) is 21.7 Å². The van der Waals surface area contributed by atoms with E-state index in [-0.39, 0.29) is 12.5 Å². The number of likely N-dealkylation sites (N-methyl/N-ethyl adjacent to an activating group) is 1. The van der Waals surface area contributed by atoms with E-state index in [1.165, 1.54) is 4.90 Å². The van der Waals surface area contributed by atoms with Gasteiger partial charge in [-0.1, -0.05) is 47.0 Å². The van der Waals surface area contributed by atoms with Crippen molar-refractivity contribution in [3.05, 3.63) is 63.1 Å². The normalized spacial score (nSPS) is 12.2. The van der Waals surface area contributed by atoms with Gasteiger partial charge in [0.1, 0.15) is 12.6 Å². The molecule has 2 aromatic rings. The molecule has 2 aromatic carbocycles. The molecular weight excluding hydrogens is 485 g/mol. The summed E-state index contributed by atoms with van der Waals surface area (Å²) in [5.74, 6) is -0.867. The molecule has 0 spiro atoms. The van der Waals surface area contributed by atoms with Gasteiger partial charge in [-0.15, -0.1) is 0 Å². The van der Waals surface area contributed by atoms with Crippen molar-refractivity contribution in [3.8, 4) is 0 Å². The van der Waals surface area contributed by atoms with E-state index in [2.05, 4.69) is 5.32 Å². The van der Waals surface area contributed by atoms with Crippen molar-refractivity contribution in [3.63, 3.8) is 0 Å². The highest BCUT2D eigenvalue weighted by Crippen LogP contribution is 2.26. The lowest BCUT2D eigenvalue weighted by Gasteiger charge is -2.32. The first-order valence-corrected chi connectivity index (χ1v) is 13.0. The van der Waals surface area contributed by atoms with E-state index < -0.39 is 28.5 Å². The van der Waals surface area contributed by atoms with Crippen LogP contribution < -0.4 is 9.62 Å². The molecular formula is C23H29Cl2N3O4S. The third-order valence-corrected chi connectivity index (χ3v) is 7.02. The Hall–Kier alpha value is -2.29. The predicted octanol–water partition coefficient (Wildman–Crippen LogP) is 3.93. The van der Waals surface area contributed by atoms with Crippen LogP contribution in [0, 0.1) is 13.8 Å². The number of halogens is 2. The van der Waals surface area contributed by atoms with Crippen LogP contribution in [0.25, 0.3) is 0 Å². The SMILES string of the molecule is CCNC(=O)[C@H](C)N(Cc1ccc(Cl)c(Cl)c1)C(=O)CN(c1ccc(C)cc1C)S(C)(=O)=O. The van der Waals surface area contributed by atoms with Gasteiger partial charge in [-0.3, -0.25) is 13.9 Å². The second kappa shape index (κ2) is 11.2. The Kier molecular flexibility index (Phi) is 9.17. The summed E-state index contributed by atoms with van der Waals surface area (Å²) < 4.78 is 26.3. The van der Waals surface area contributed by atoms with Crippen LogP contribution in [-0.2, 0) is 26.2 Å². The number of sulfonamides is 1. The van der Waals surface area contributed by atoms with Crippen LogP contribution in [0.5, 0.6) is 0 Å². The average Bonchev–Trinajstić information content (AvgIpc) is 2.72. The van der Waals surface area contributed by atoms with Gasteiger partial charge in [0.15, 0.2) is 0 Å². The van der Waals surface area contributed by atoms with Crippen molar-refractivity contribution < 1.29 is 18.0 Å². The molecule has 0 heterocycles. The Morgan fingerprint density at radius 3 is 2.27 bits per heavy atom. The summed E-state index contributed by atoms with van der Waals surface area (Å²) in [5, 5.41) is 3.39. The monoisotopic (exact) mass is 513 g/mol. The Balaban J connectivity index is 2.43. The zero-order valence-corrected chi connectivity index (χ0v) is 21.7. The summed E-state index contributed by atoms with van der Waals surface area (Å²) in [5.41, 5.74) is 2.77.